The highest BCUT2D eigenvalue weighted by Crippen LogP contribution is 1.92. The first-order valence-corrected chi connectivity index (χ1v) is 6.81. The van der Waals surface area contributed by atoms with Gasteiger partial charge in [0.25, 0.3) is 0 Å². The molecule has 8 heteroatoms. The van der Waals surface area contributed by atoms with Gasteiger partial charge in [-0.3, -0.25) is 4.21 Å². The van der Waals surface area contributed by atoms with Crippen LogP contribution in [-0.4, -0.2) is 57.1 Å². The zero-order valence-electron chi connectivity index (χ0n) is 9.80. The van der Waals surface area contributed by atoms with Crippen molar-refractivity contribution in [2.24, 2.45) is 0 Å². The van der Waals surface area contributed by atoms with Gasteiger partial charge in [-0.05, 0) is 13.3 Å². The summed E-state index contributed by atoms with van der Waals surface area (Å²) in [5, 5.41) is 22.0. The zero-order valence-corrected chi connectivity index (χ0v) is 10.6. The number of carboxylic acid groups (broad SMARTS) is 1. The lowest BCUT2D eigenvalue weighted by molar-refractivity contribution is -0.146. The summed E-state index contributed by atoms with van der Waals surface area (Å²) in [6, 6.07) is -0.722. The number of rotatable bonds is 7. The number of urea groups is 1. The molecule has 0 rings (SSSR count). The van der Waals surface area contributed by atoms with Crippen LogP contribution >= 0.6 is 0 Å². The highest BCUT2D eigenvalue weighted by molar-refractivity contribution is 7.84. The number of aliphatic carboxylic acids is 1. The molecule has 7 nitrogen and oxygen atoms in total. The number of carbonyl (C=O) groups excluding carboxylic acids is 1. The van der Waals surface area contributed by atoms with Crippen molar-refractivity contribution in [3.05, 3.63) is 0 Å². The topological polar surface area (TPSA) is 116 Å². The Balaban J connectivity index is 3.78. The second-order valence-corrected chi connectivity index (χ2v) is 5.23. The zero-order chi connectivity index (χ0) is 13.4. The van der Waals surface area contributed by atoms with Crippen molar-refractivity contribution < 1.29 is 24.0 Å². The van der Waals surface area contributed by atoms with Crippen LogP contribution < -0.4 is 10.6 Å². The number of nitrogens with one attached hydrogen (secondary N) is 2. The van der Waals surface area contributed by atoms with Gasteiger partial charge in [0.05, 0.1) is 6.54 Å². The molecule has 17 heavy (non-hydrogen) atoms. The smallest absolute Gasteiger partial charge is 0.334 e. The maximum absolute atomic E-state index is 11.2. The van der Waals surface area contributed by atoms with E-state index in [0.717, 1.165) is 0 Å². The SMILES string of the molecule is CC(CCS(C)=O)NC(=O)NCC(O)C(=O)O. The number of hydrogen-bond donors (Lipinski definition) is 4. The Morgan fingerprint density at radius 2 is 2.00 bits per heavy atom. The van der Waals surface area contributed by atoms with Gasteiger partial charge in [0.2, 0.25) is 0 Å². The molecular weight excluding hydrogens is 248 g/mol. The van der Waals surface area contributed by atoms with Crippen LogP contribution in [0.25, 0.3) is 0 Å². The Kier molecular flexibility index (Phi) is 7.47. The van der Waals surface area contributed by atoms with Gasteiger partial charge in [-0.15, -0.1) is 0 Å². The molecule has 0 aromatic heterocycles. The van der Waals surface area contributed by atoms with E-state index >= 15 is 0 Å². The summed E-state index contributed by atoms with van der Waals surface area (Å²) in [5.41, 5.74) is 0. The van der Waals surface area contributed by atoms with Crippen LogP contribution in [0.5, 0.6) is 0 Å². The Labute approximate surface area is 102 Å². The van der Waals surface area contributed by atoms with Crippen LogP contribution in [0.3, 0.4) is 0 Å². The molecular formula is C9H18N2O5S. The van der Waals surface area contributed by atoms with E-state index in [0.29, 0.717) is 12.2 Å². The first-order chi connectivity index (χ1) is 7.82. The number of aliphatic hydroxyl groups is 1. The largest absolute Gasteiger partial charge is 0.479 e. The quantitative estimate of drug-likeness (QED) is 0.466. The minimum atomic E-state index is -1.61. The van der Waals surface area contributed by atoms with E-state index in [1.807, 2.05) is 0 Å². The van der Waals surface area contributed by atoms with Crippen LogP contribution in [0.1, 0.15) is 13.3 Å². The van der Waals surface area contributed by atoms with Crippen molar-refractivity contribution in [3.8, 4) is 0 Å². The molecule has 3 unspecified atom stereocenters. The average molecular weight is 266 g/mol. The van der Waals surface area contributed by atoms with Crippen LogP contribution in [0.2, 0.25) is 0 Å². The normalized spacial score (nSPS) is 15.7. The molecule has 0 saturated carbocycles. The number of carbonyl (C=O) groups is 2. The van der Waals surface area contributed by atoms with Gasteiger partial charge in [-0.1, -0.05) is 0 Å². The Bertz CT molecular complexity index is 297. The molecule has 2 amide bonds. The molecule has 0 aromatic rings. The van der Waals surface area contributed by atoms with E-state index in [4.69, 9.17) is 10.2 Å². The fourth-order valence-corrected chi connectivity index (χ4v) is 1.65. The molecule has 0 aromatic carbocycles. The van der Waals surface area contributed by atoms with Gasteiger partial charge in [-0.2, -0.15) is 0 Å². The highest BCUT2D eigenvalue weighted by atomic mass is 32.2. The van der Waals surface area contributed by atoms with Crippen molar-refractivity contribution in [2.45, 2.75) is 25.5 Å². The third-order valence-corrected chi connectivity index (χ3v) is 2.77. The fraction of sp³-hybridized carbons (Fsp3) is 0.778. The summed E-state index contributed by atoms with van der Waals surface area (Å²) in [5.74, 6) is -0.904. The number of aliphatic hydroxyl groups excluding tert-OH is 1. The molecule has 0 aliphatic heterocycles. The minimum absolute atomic E-state index is 0.166. The number of amides is 2. The minimum Gasteiger partial charge on any atom is -0.479 e. The molecule has 4 N–H and O–H groups in total. The van der Waals surface area contributed by atoms with Gasteiger partial charge in [0.1, 0.15) is 0 Å². The van der Waals surface area contributed by atoms with Gasteiger partial charge in [0.15, 0.2) is 6.10 Å². The van der Waals surface area contributed by atoms with E-state index in [-0.39, 0.29) is 12.6 Å². The van der Waals surface area contributed by atoms with E-state index < -0.39 is 28.9 Å². The van der Waals surface area contributed by atoms with E-state index in [9.17, 15) is 13.8 Å². The van der Waals surface area contributed by atoms with Crippen molar-refractivity contribution in [1.82, 2.24) is 10.6 Å². The van der Waals surface area contributed by atoms with Crippen LogP contribution in [0.15, 0.2) is 0 Å². The summed E-state index contributed by atoms with van der Waals surface area (Å²) in [4.78, 5) is 21.5. The molecule has 100 valence electrons. The lowest BCUT2D eigenvalue weighted by Gasteiger charge is -2.14. The molecule has 0 heterocycles. The van der Waals surface area contributed by atoms with Gasteiger partial charge >= 0.3 is 12.0 Å². The van der Waals surface area contributed by atoms with Gasteiger partial charge in [-0.25, -0.2) is 9.59 Å². The Morgan fingerprint density at radius 1 is 1.41 bits per heavy atom. The molecule has 0 saturated heterocycles. The van der Waals surface area contributed by atoms with Gasteiger partial charge in [0, 0.05) is 28.9 Å². The molecule has 0 fully saturated rings. The lowest BCUT2D eigenvalue weighted by atomic mass is 10.3. The molecule has 0 radical (unpaired) electrons. The van der Waals surface area contributed by atoms with Crippen LogP contribution in [-0.2, 0) is 15.6 Å². The van der Waals surface area contributed by atoms with Gasteiger partial charge < -0.3 is 20.8 Å². The van der Waals surface area contributed by atoms with Crippen molar-refractivity contribution in [3.63, 3.8) is 0 Å². The summed E-state index contributed by atoms with van der Waals surface area (Å²) < 4.78 is 10.8. The Hall–Kier alpha value is -1.15. The van der Waals surface area contributed by atoms with Crippen LogP contribution in [0, 0.1) is 0 Å². The number of carboxylic acids is 1. The Morgan fingerprint density at radius 3 is 2.47 bits per heavy atom. The number of hydrogen-bond acceptors (Lipinski definition) is 4. The first-order valence-electron chi connectivity index (χ1n) is 5.08. The summed E-state index contributed by atoms with van der Waals surface area (Å²) >= 11 is 0. The lowest BCUT2D eigenvalue weighted by Crippen LogP contribution is -2.45. The molecule has 3 atom stereocenters. The van der Waals surface area contributed by atoms with Crippen LogP contribution in [0.4, 0.5) is 4.79 Å². The predicted octanol–water partition coefficient (Wildman–Crippen LogP) is -1.11. The molecule has 0 aliphatic rings. The maximum atomic E-state index is 11.2. The molecule has 0 bridgehead atoms. The predicted molar refractivity (Wildman–Crippen MR) is 63.2 cm³/mol. The maximum Gasteiger partial charge on any atom is 0.334 e. The summed E-state index contributed by atoms with van der Waals surface area (Å²) in [7, 11) is -0.908. The molecule has 0 aliphatic carbocycles. The average Bonchev–Trinajstić information content (AvgIpc) is 2.22. The second-order valence-electron chi connectivity index (χ2n) is 3.68. The fourth-order valence-electron chi connectivity index (χ4n) is 0.966. The van der Waals surface area contributed by atoms with E-state index in [2.05, 4.69) is 10.6 Å². The van der Waals surface area contributed by atoms with Crippen molar-refractivity contribution >= 4 is 22.8 Å². The third-order valence-electron chi connectivity index (χ3n) is 1.96. The van der Waals surface area contributed by atoms with E-state index in [1.54, 1.807) is 13.2 Å². The van der Waals surface area contributed by atoms with E-state index in [1.165, 1.54) is 0 Å². The molecule has 0 spiro atoms. The van der Waals surface area contributed by atoms with Crippen molar-refractivity contribution in [1.29, 1.82) is 0 Å². The summed E-state index contributed by atoms with van der Waals surface area (Å²) in [6.07, 6.45) is 0.535. The second kappa shape index (κ2) is 8.02. The standard InChI is InChI=1S/C9H18N2O5S/c1-6(3-4-17(2)16)11-9(15)10-5-7(12)8(13)14/h6-7,12H,3-5H2,1-2H3,(H,13,14)(H2,10,11,15). The summed E-state index contributed by atoms with van der Waals surface area (Å²) in [6.45, 7) is 1.40. The first kappa shape index (κ1) is 15.9. The monoisotopic (exact) mass is 266 g/mol. The highest BCUT2D eigenvalue weighted by Gasteiger charge is 2.14. The third kappa shape index (κ3) is 8.64. The van der Waals surface area contributed by atoms with Crippen molar-refractivity contribution in [2.75, 3.05) is 18.6 Å².